The monoisotopic (exact) mass is 617 g/mol. The Bertz CT molecular complexity index is 1960. The minimum absolute atomic E-state index is 0.145. The zero-order chi connectivity index (χ0) is 30.7. The minimum atomic E-state index is -0.853. The molecule has 0 aliphatic carbocycles. The molecule has 0 fully saturated rings. The fourth-order valence-corrected chi connectivity index (χ4v) is 6.02. The summed E-state index contributed by atoms with van der Waals surface area (Å²) in [4.78, 5) is 31.8. The fraction of sp³-hybridized carbons (Fsp3) is 0.188. The molecule has 1 aliphatic rings. The van der Waals surface area contributed by atoms with Gasteiger partial charge in [0.25, 0.3) is 5.56 Å². The first-order valence-electron chi connectivity index (χ1n) is 13.2. The Morgan fingerprint density at radius 1 is 1.19 bits per heavy atom. The number of allylic oxidation sites excluding steroid dienone is 1. The van der Waals surface area contributed by atoms with Crippen LogP contribution in [-0.4, -0.2) is 24.3 Å². The van der Waals surface area contributed by atoms with Crippen LogP contribution in [-0.2, 0) is 16.1 Å². The van der Waals surface area contributed by atoms with Crippen LogP contribution < -0.4 is 24.4 Å². The van der Waals surface area contributed by atoms with E-state index in [4.69, 9.17) is 31.1 Å². The van der Waals surface area contributed by atoms with Gasteiger partial charge >= 0.3 is 5.97 Å². The highest BCUT2D eigenvalue weighted by molar-refractivity contribution is 7.07. The number of hydrogen-bond donors (Lipinski definition) is 0. The standard InChI is InChI=1S/C32H25ClFN3O5S/c1-4-41-31(39)27-18(2)36-32-37(28(27)22-9-11-23(34)12-10-22)30(38)26(43-32)15-21-13-24(33)29(25(14-21)40-3)42-17-20-7-5-19(16-35)6-8-20/h5-15,28H,4,17H2,1-3H3/b26-15-/t28-/m0/s1. The number of fused-ring (bicyclic) bond motifs is 1. The predicted molar refractivity (Wildman–Crippen MR) is 160 cm³/mol. The largest absolute Gasteiger partial charge is 0.493 e. The van der Waals surface area contributed by atoms with Crippen LogP contribution in [0.4, 0.5) is 4.39 Å². The van der Waals surface area contributed by atoms with Gasteiger partial charge in [0.15, 0.2) is 16.3 Å². The maximum atomic E-state index is 13.8. The molecular weight excluding hydrogens is 593 g/mol. The topological polar surface area (TPSA) is 103 Å². The summed E-state index contributed by atoms with van der Waals surface area (Å²) in [5.74, 6) is -0.340. The molecule has 8 nitrogen and oxygen atoms in total. The summed E-state index contributed by atoms with van der Waals surface area (Å²) < 4.78 is 32.3. The van der Waals surface area contributed by atoms with Gasteiger partial charge in [-0.05, 0) is 73.0 Å². The van der Waals surface area contributed by atoms with Crippen LogP contribution in [0.5, 0.6) is 11.5 Å². The lowest BCUT2D eigenvalue weighted by molar-refractivity contribution is -0.139. The molecule has 1 atom stereocenters. The molecule has 1 aromatic heterocycles. The van der Waals surface area contributed by atoms with Crippen LogP contribution >= 0.6 is 22.9 Å². The maximum Gasteiger partial charge on any atom is 0.338 e. The van der Waals surface area contributed by atoms with Gasteiger partial charge in [0.1, 0.15) is 12.4 Å². The first-order valence-corrected chi connectivity index (χ1v) is 14.4. The van der Waals surface area contributed by atoms with Gasteiger partial charge in [-0.25, -0.2) is 14.2 Å². The third-order valence-corrected chi connectivity index (χ3v) is 7.98. The molecule has 0 saturated heterocycles. The summed E-state index contributed by atoms with van der Waals surface area (Å²) in [7, 11) is 1.49. The van der Waals surface area contributed by atoms with E-state index in [1.807, 2.05) is 0 Å². The molecule has 0 amide bonds. The van der Waals surface area contributed by atoms with Crippen molar-refractivity contribution in [1.82, 2.24) is 4.57 Å². The third-order valence-electron chi connectivity index (χ3n) is 6.72. The normalized spacial score (nSPS) is 14.5. The number of carbonyl (C=O) groups excluding carboxylic acids is 1. The zero-order valence-corrected chi connectivity index (χ0v) is 25.0. The molecule has 4 aromatic rings. The Morgan fingerprint density at radius 3 is 2.56 bits per heavy atom. The molecule has 2 heterocycles. The van der Waals surface area contributed by atoms with Crippen molar-refractivity contribution in [3.8, 4) is 17.6 Å². The molecule has 0 bridgehead atoms. The van der Waals surface area contributed by atoms with Gasteiger partial charge in [-0.2, -0.15) is 5.26 Å². The molecule has 43 heavy (non-hydrogen) atoms. The van der Waals surface area contributed by atoms with Crippen molar-refractivity contribution >= 4 is 35.0 Å². The van der Waals surface area contributed by atoms with E-state index in [9.17, 15) is 14.0 Å². The lowest BCUT2D eigenvalue weighted by Crippen LogP contribution is -2.39. The number of thiazole rings is 1. The summed E-state index contributed by atoms with van der Waals surface area (Å²) in [5, 5.41) is 9.27. The van der Waals surface area contributed by atoms with Crippen LogP contribution in [0.1, 0.15) is 42.1 Å². The number of methoxy groups -OCH3 is 1. The Hall–Kier alpha value is -4.72. The van der Waals surface area contributed by atoms with Crippen LogP contribution in [0.15, 0.2) is 81.7 Å². The molecule has 0 unspecified atom stereocenters. The number of esters is 1. The number of nitrogens with zero attached hydrogens (tertiary/aromatic N) is 3. The lowest BCUT2D eigenvalue weighted by atomic mass is 9.96. The average Bonchev–Trinajstić information content (AvgIpc) is 3.30. The fourth-order valence-electron chi connectivity index (χ4n) is 4.70. The van der Waals surface area contributed by atoms with Crippen molar-refractivity contribution in [1.29, 1.82) is 5.26 Å². The number of aromatic nitrogens is 1. The summed E-state index contributed by atoms with van der Waals surface area (Å²) >= 11 is 7.75. The Morgan fingerprint density at radius 2 is 1.91 bits per heavy atom. The number of nitriles is 1. The van der Waals surface area contributed by atoms with Gasteiger partial charge in [0.05, 0.1) is 52.2 Å². The zero-order valence-electron chi connectivity index (χ0n) is 23.4. The van der Waals surface area contributed by atoms with E-state index in [1.165, 1.54) is 35.9 Å². The number of hydrogen-bond acceptors (Lipinski definition) is 8. The minimum Gasteiger partial charge on any atom is -0.493 e. The Labute approximate surface area is 255 Å². The SMILES string of the molecule is CCOC(=O)C1=C(C)N=c2s/c(=C\c3cc(Cl)c(OCc4ccc(C#N)cc4)c(OC)c3)c(=O)n2[C@H]1c1ccc(F)cc1. The van der Waals surface area contributed by atoms with Crippen LogP contribution in [0.2, 0.25) is 5.02 Å². The summed E-state index contributed by atoms with van der Waals surface area (Å²) in [5.41, 5.74) is 2.75. The van der Waals surface area contributed by atoms with Crippen LogP contribution in [0.25, 0.3) is 6.08 Å². The average molecular weight is 618 g/mol. The molecule has 0 radical (unpaired) electrons. The molecule has 218 valence electrons. The lowest BCUT2D eigenvalue weighted by Gasteiger charge is -2.24. The number of benzene rings is 3. The van der Waals surface area contributed by atoms with Crippen molar-refractivity contribution in [3.05, 3.63) is 125 Å². The number of rotatable bonds is 8. The molecule has 0 spiro atoms. The van der Waals surface area contributed by atoms with E-state index < -0.39 is 17.8 Å². The van der Waals surface area contributed by atoms with Crippen molar-refractivity contribution in [2.75, 3.05) is 13.7 Å². The second-order valence-electron chi connectivity index (χ2n) is 9.49. The van der Waals surface area contributed by atoms with E-state index in [0.29, 0.717) is 43.2 Å². The number of ether oxygens (including phenoxy) is 3. The predicted octanol–water partition coefficient (Wildman–Crippen LogP) is 5.05. The molecule has 3 aromatic carbocycles. The van der Waals surface area contributed by atoms with Gasteiger partial charge in [0.2, 0.25) is 0 Å². The Balaban J connectivity index is 1.55. The van der Waals surface area contributed by atoms with Gasteiger partial charge in [-0.15, -0.1) is 0 Å². The summed E-state index contributed by atoms with van der Waals surface area (Å²) in [6.45, 7) is 3.72. The molecule has 5 rings (SSSR count). The molecule has 1 aliphatic heterocycles. The highest BCUT2D eigenvalue weighted by Gasteiger charge is 2.33. The first kappa shape index (κ1) is 29.8. The van der Waals surface area contributed by atoms with Crippen LogP contribution in [0, 0.1) is 17.1 Å². The number of halogens is 2. The van der Waals surface area contributed by atoms with Crippen molar-refractivity contribution in [2.45, 2.75) is 26.5 Å². The maximum absolute atomic E-state index is 13.8. The second kappa shape index (κ2) is 12.7. The smallest absolute Gasteiger partial charge is 0.338 e. The van der Waals surface area contributed by atoms with Gasteiger partial charge < -0.3 is 14.2 Å². The molecule has 0 N–H and O–H groups in total. The van der Waals surface area contributed by atoms with Crippen LogP contribution in [0.3, 0.4) is 0 Å². The van der Waals surface area contributed by atoms with E-state index in [2.05, 4.69) is 11.1 Å². The molecule has 0 saturated carbocycles. The van der Waals surface area contributed by atoms with Crippen molar-refractivity contribution in [2.24, 2.45) is 4.99 Å². The van der Waals surface area contributed by atoms with E-state index in [0.717, 1.165) is 16.9 Å². The third kappa shape index (κ3) is 6.09. The van der Waals surface area contributed by atoms with E-state index >= 15 is 0 Å². The highest BCUT2D eigenvalue weighted by Crippen LogP contribution is 2.37. The van der Waals surface area contributed by atoms with E-state index in [-0.39, 0.29) is 29.4 Å². The highest BCUT2D eigenvalue weighted by atomic mass is 35.5. The second-order valence-corrected chi connectivity index (χ2v) is 10.9. The van der Waals surface area contributed by atoms with Crippen molar-refractivity contribution < 1.29 is 23.4 Å². The van der Waals surface area contributed by atoms with Gasteiger partial charge in [-0.1, -0.05) is 47.2 Å². The summed E-state index contributed by atoms with van der Waals surface area (Å²) in [6.07, 6.45) is 1.66. The summed E-state index contributed by atoms with van der Waals surface area (Å²) in [6, 6.07) is 17.2. The van der Waals surface area contributed by atoms with E-state index in [1.54, 1.807) is 56.3 Å². The Kier molecular flexibility index (Phi) is 8.76. The molecular formula is C32H25ClFN3O5S. The van der Waals surface area contributed by atoms with Crippen molar-refractivity contribution in [3.63, 3.8) is 0 Å². The first-order chi connectivity index (χ1) is 20.7. The van der Waals surface area contributed by atoms with Gasteiger partial charge in [0, 0.05) is 0 Å². The number of carbonyl (C=O) groups is 1. The van der Waals surface area contributed by atoms with Gasteiger partial charge in [-0.3, -0.25) is 9.36 Å². The molecule has 11 heteroatoms. The quantitative estimate of drug-likeness (QED) is 0.256.